The maximum atomic E-state index is 9.55. The Hall–Kier alpha value is -0.240. The van der Waals surface area contributed by atoms with Crippen molar-refractivity contribution in [1.29, 1.82) is 0 Å². The first-order valence-corrected chi connectivity index (χ1v) is 4.27. The van der Waals surface area contributed by atoms with Crippen molar-refractivity contribution in [2.24, 2.45) is 0 Å². The normalized spacial score (nSPS) is 43.1. The third kappa shape index (κ3) is 2.41. The molecule has 0 radical (unpaired) electrons. The van der Waals surface area contributed by atoms with Crippen LogP contribution in [0.25, 0.3) is 0 Å². The zero-order valence-electron chi connectivity index (χ0n) is 8.46. The van der Waals surface area contributed by atoms with Crippen molar-refractivity contribution in [2.75, 3.05) is 13.7 Å². The Bertz CT molecular complexity index is 168. The molecule has 6 heteroatoms. The van der Waals surface area contributed by atoms with Crippen molar-refractivity contribution in [2.45, 2.75) is 37.4 Å². The summed E-state index contributed by atoms with van der Waals surface area (Å²) >= 11 is 0. The molecule has 1 rings (SSSR count). The summed E-state index contributed by atoms with van der Waals surface area (Å²) in [7, 11) is 1.41. The second-order valence-electron chi connectivity index (χ2n) is 3.24. The van der Waals surface area contributed by atoms with E-state index in [1.54, 1.807) is 6.92 Å². The van der Waals surface area contributed by atoms with E-state index in [1.165, 1.54) is 7.11 Å². The van der Waals surface area contributed by atoms with Crippen molar-refractivity contribution in [1.82, 2.24) is 6.15 Å². The maximum Gasteiger partial charge on any atom is 0.114 e. The van der Waals surface area contributed by atoms with Gasteiger partial charge >= 0.3 is 0 Å². The molecule has 0 spiro atoms. The lowest BCUT2D eigenvalue weighted by Crippen LogP contribution is -2.58. The minimum atomic E-state index is -0.985. The van der Waals surface area contributed by atoms with E-state index < -0.39 is 30.5 Å². The summed E-state index contributed by atoms with van der Waals surface area (Å²) in [5, 5.41) is 27.9. The smallest absolute Gasteiger partial charge is 0.114 e. The van der Waals surface area contributed by atoms with Crippen molar-refractivity contribution >= 4 is 0 Å². The molecule has 6 N–H and O–H groups in total. The molecular weight excluding hydrogens is 190 g/mol. The summed E-state index contributed by atoms with van der Waals surface area (Å²) in [4.78, 5) is 0. The van der Waals surface area contributed by atoms with Gasteiger partial charge < -0.3 is 30.9 Å². The number of hydrogen-bond acceptors (Lipinski definition) is 6. The SMILES string of the molecule is COC1C(O)C(C)OC(CO)C1O.N. The third-order valence-corrected chi connectivity index (χ3v) is 2.38. The quantitative estimate of drug-likeness (QED) is 0.448. The number of methoxy groups -OCH3 is 1. The molecule has 0 aliphatic carbocycles. The van der Waals surface area contributed by atoms with Gasteiger partial charge in [-0.25, -0.2) is 0 Å². The molecule has 0 saturated carbocycles. The number of aliphatic hydroxyl groups excluding tert-OH is 3. The fourth-order valence-electron chi connectivity index (χ4n) is 1.55. The zero-order chi connectivity index (χ0) is 10.0. The first kappa shape index (κ1) is 13.8. The van der Waals surface area contributed by atoms with E-state index in [0.29, 0.717) is 0 Å². The van der Waals surface area contributed by atoms with Crippen molar-refractivity contribution in [3.63, 3.8) is 0 Å². The number of ether oxygens (including phenoxy) is 2. The molecule has 1 heterocycles. The molecule has 0 aromatic rings. The van der Waals surface area contributed by atoms with Crippen molar-refractivity contribution in [3.8, 4) is 0 Å². The molecule has 5 unspecified atom stereocenters. The maximum absolute atomic E-state index is 9.55. The summed E-state index contributed by atoms with van der Waals surface area (Å²) < 4.78 is 10.1. The predicted molar refractivity (Wildman–Crippen MR) is 49.3 cm³/mol. The van der Waals surface area contributed by atoms with Crippen LogP contribution < -0.4 is 6.15 Å². The molecule has 1 aliphatic rings. The Morgan fingerprint density at radius 2 is 1.86 bits per heavy atom. The number of hydrogen-bond donors (Lipinski definition) is 4. The van der Waals surface area contributed by atoms with Crippen LogP contribution >= 0.6 is 0 Å². The second kappa shape index (κ2) is 5.59. The molecule has 1 fully saturated rings. The Labute approximate surface area is 83.0 Å². The van der Waals surface area contributed by atoms with Crippen LogP contribution in [-0.4, -0.2) is 59.6 Å². The molecule has 6 nitrogen and oxygen atoms in total. The lowest BCUT2D eigenvalue weighted by molar-refractivity contribution is -0.231. The van der Waals surface area contributed by atoms with E-state index in [0.717, 1.165) is 0 Å². The second-order valence-corrected chi connectivity index (χ2v) is 3.24. The van der Waals surface area contributed by atoms with Crippen LogP contribution in [0.2, 0.25) is 0 Å². The molecule has 0 aromatic carbocycles. The topological polar surface area (TPSA) is 114 Å². The molecule has 1 aliphatic heterocycles. The van der Waals surface area contributed by atoms with Crippen LogP contribution in [-0.2, 0) is 9.47 Å². The Kier molecular flexibility index (Phi) is 5.50. The minimum Gasteiger partial charge on any atom is -0.394 e. The summed E-state index contributed by atoms with van der Waals surface area (Å²) in [6.45, 7) is 1.39. The van der Waals surface area contributed by atoms with Crippen LogP contribution in [0.5, 0.6) is 0 Å². The summed E-state index contributed by atoms with van der Waals surface area (Å²) in [6, 6.07) is 0. The fraction of sp³-hybridized carbons (Fsp3) is 1.00. The lowest BCUT2D eigenvalue weighted by atomic mass is 9.96. The Balaban J connectivity index is 0.00000169. The molecule has 0 amide bonds. The summed E-state index contributed by atoms with van der Waals surface area (Å²) in [5.41, 5.74) is 0. The molecular formula is C8H19NO5. The fourth-order valence-corrected chi connectivity index (χ4v) is 1.55. The largest absolute Gasteiger partial charge is 0.394 e. The van der Waals surface area contributed by atoms with Crippen LogP contribution in [0.4, 0.5) is 0 Å². The van der Waals surface area contributed by atoms with Gasteiger partial charge in [-0.1, -0.05) is 0 Å². The first-order valence-electron chi connectivity index (χ1n) is 4.27. The van der Waals surface area contributed by atoms with Gasteiger partial charge in [-0.15, -0.1) is 0 Å². The van der Waals surface area contributed by atoms with Gasteiger partial charge in [-0.2, -0.15) is 0 Å². The van der Waals surface area contributed by atoms with E-state index in [2.05, 4.69) is 0 Å². The highest BCUT2D eigenvalue weighted by Gasteiger charge is 2.42. The monoisotopic (exact) mass is 209 g/mol. The van der Waals surface area contributed by atoms with Crippen LogP contribution in [0, 0.1) is 0 Å². The number of rotatable bonds is 2. The third-order valence-electron chi connectivity index (χ3n) is 2.38. The Morgan fingerprint density at radius 1 is 1.29 bits per heavy atom. The molecule has 86 valence electrons. The van der Waals surface area contributed by atoms with Crippen LogP contribution in [0.1, 0.15) is 6.92 Å². The highest BCUT2D eigenvalue weighted by atomic mass is 16.6. The predicted octanol–water partition coefficient (Wildman–Crippen LogP) is -1.34. The average molecular weight is 209 g/mol. The van der Waals surface area contributed by atoms with E-state index in [1.807, 2.05) is 0 Å². The summed E-state index contributed by atoms with van der Waals surface area (Å²) in [6.07, 6.45) is -3.65. The highest BCUT2D eigenvalue weighted by molar-refractivity contribution is 4.91. The molecule has 1 saturated heterocycles. The number of aliphatic hydroxyl groups is 3. The van der Waals surface area contributed by atoms with Gasteiger partial charge in [-0.05, 0) is 6.92 Å². The van der Waals surface area contributed by atoms with Gasteiger partial charge in [0.05, 0.1) is 12.7 Å². The molecule has 5 atom stereocenters. The Morgan fingerprint density at radius 3 is 2.29 bits per heavy atom. The molecule has 0 bridgehead atoms. The molecule has 14 heavy (non-hydrogen) atoms. The van der Waals surface area contributed by atoms with Crippen LogP contribution in [0.3, 0.4) is 0 Å². The van der Waals surface area contributed by atoms with Gasteiger partial charge in [-0.3, -0.25) is 0 Å². The highest BCUT2D eigenvalue weighted by Crippen LogP contribution is 2.22. The molecule has 0 aromatic heterocycles. The van der Waals surface area contributed by atoms with Gasteiger partial charge in [0.1, 0.15) is 24.4 Å². The van der Waals surface area contributed by atoms with Crippen molar-refractivity contribution < 1.29 is 24.8 Å². The van der Waals surface area contributed by atoms with E-state index in [-0.39, 0.29) is 12.8 Å². The van der Waals surface area contributed by atoms with Crippen LogP contribution in [0.15, 0.2) is 0 Å². The van der Waals surface area contributed by atoms with Gasteiger partial charge in [0.15, 0.2) is 0 Å². The van der Waals surface area contributed by atoms with E-state index in [4.69, 9.17) is 14.6 Å². The average Bonchev–Trinajstić information content (AvgIpc) is 2.12. The van der Waals surface area contributed by atoms with Gasteiger partial charge in [0.2, 0.25) is 0 Å². The first-order chi connectivity index (χ1) is 6.11. The lowest BCUT2D eigenvalue weighted by Gasteiger charge is -2.40. The van der Waals surface area contributed by atoms with E-state index >= 15 is 0 Å². The van der Waals surface area contributed by atoms with Gasteiger partial charge in [0, 0.05) is 7.11 Å². The van der Waals surface area contributed by atoms with E-state index in [9.17, 15) is 10.2 Å². The summed E-state index contributed by atoms with van der Waals surface area (Å²) in [5.74, 6) is 0. The van der Waals surface area contributed by atoms with Crippen molar-refractivity contribution in [3.05, 3.63) is 0 Å². The van der Waals surface area contributed by atoms with Gasteiger partial charge in [0.25, 0.3) is 0 Å². The minimum absolute atomic E-state index is 0. The zero-order valence-corrected chi connectivity index (χ0v) is 8.46. The standard InChI is InChI=1S/C8H16O5.H3N/c1-4-6(10)8(12-2)7(11)5(3-9)13-4;/h4-11H,3H2,1-2H3;1H3.